The van der Waals surface area contributed by atoms with E-state index in [-0.39, 0.29) is 17.1 Å². The molecule has 1 amide bonds. The summed E-state index contributed by atoms with van der Waals surface area (Å²) in [6.45, 7) is 0. The summed E-state index contributed by atoms with van der Waals surface area (Å²) in [6, 6.07) is 7.39. The molecule has 0 saturated heterocycles. The molecule has 0 atom stereocenters. The highest BCUT2D eigenvalue weighted by Crippen LogP contribution is 2.35. The summed E-state index contributed by atoms with van der Waals surface area (Å²) >= 11 is 0. The Kier molecular flexibility index (Phi) is 4.57. The SMILES string of the molecule is COc1ccc(C(F)(F)F)cc1NC(=O)c1ccc(-n2cccn2)nn1. The third-order valence-corrected chi connectivity index (χ3v) is 3.40. The van der Waals surface area contributed by atoms with Crippen LogP contribution in [0, 0.1) is 0 Å². The van der Waals surface area contributed by atoms with Crippen molar-refractivity contribution in [2.45, 2.75) is 6.18 Å². The number of aromatic nitrogens is 4. The molecule has 3 rings (SSSR count). The summed E-state index contributed by atoms with van der Waals surface area (Å²) < 4.78 is 45.0. The summed E-state index contributed by atoms with van der Waals surface area (Å²) in [5.74, 6) is -0.238. The molecule has 0 bridgehead atoms. The number of nitrogens with zero attached hydrogens (tertiary/aromatic N) is 4. The van der Waals surface area contributed by atoms with E-state index in [1.165, 1.54) is 23.9 Å². The highest BCUT2D eigenvalue weighted by Gasteiger charge is 2.31. The lowest BCUT2D eigenvalue weighted by molar-refractivity contribution is -0.137. The smallest absolute Gasteiger partial charge is 0.416 e. The standard InChI is InChI=1S/C16H12F3N5O2/c1-26-13-5-3-10(16(17,18)19)9-12(13)21-15(25)11-4-6-14(23-22-11)24-8-2-7-20-24/h2-9H,1H3,(H,21,25). The Bertz CT molecular complexity index is 909. The van der Waals surface area contributed by atoms with Gasteiger partial charge >= 0.3 is 6.18 Å². The van der Waals surface area contributed by atoms with Gasteiger partial charge in [0.25, 0.3) is 5.91 Å². The van der Waals surface area contributed by atoms with Gasteiger partial charge in [-0.1, -0.05) is 0 Å². The van der Waals surface area contributed by atoms with Crippen molar-refractivity contribution >= 4 is 11.6 Å². The number of nitrogens with one attached hydrogen (secondary N) is 1. The van der Waals surface area contributed by atoms with Crippen molar-refractivity contribution in [2.24, 2.45) is 0 Å². The molecular weight excluding hydrogens is 351 g/mol. The summed E-state index contributed by atoms with van der Waals surface area (Å²) in [5.41, 5.74) is -1.10. The maximum Gasteiger partial charge on any atom is 0.416 e. The molecule has 0 aliphatic carbocycles. The minimum Gasteiger partial charge on any atom is -0.495 e. The molecule has 0 aliphatic heterocycles. The Labute approximate surface area is 145 Å². The highest BCUT2D eigenvalue weighted by atomic mass is 19.4. The van der Waals surface area contributed by atoms with E-state index in [1.807, 2.05) is 0 Å². The van der Waals surface area contributed by atoms with Gasteiger partial charge in [-0.05, 0) is 36.4 Å². The number of amides is 1. The predicted octanol–water partition coefficient (Wildman–Crippen LogP) is 2.94. The molecule has 0 aliphatic rings. The van der Waals surface area contributed by atoms with Crippen LogP contribution >= 0.6 is 0 Å². The Morgan fingerprint density at radius 2 is 2.00 bits per heavy atom. The first-order valence-corrected chi connectivity index (χ1v) is 7.29. The minimum atomic E-state index is -4.54. The van der Waals surface area contributed by atoms with Crippen molar-refractivity contribution < 1.29 is 22.7 Å². The molecule has 7 nitrogen and oxygen atoms in total. The summed E-state index contributed by atoms with van der Waals surface area (Å²) in [4.78, 5) is 12.3. The van der Waals surface area contributed by atoms with Gasteiger partial charge in [0.05, 0.1) is 18.4 Å². The van der Waals surface area contributed by atoms with E-state index in [2.05, 4.69) is 20.6 Å². The number of halogens is 3. The van der Waals surface area contributed by atoms with E-state index < -0.39 is 17.6 Å². The van der Waals surface area contributed by atoms with Crippen LogP contribution in [0.3, 0.4) is 0 Å². The largest absolute Gasteiger partial charge is 0.495 e. The topological polar surface area (TPSA) is 81.9 Å². The number of rotatable bonds is 4. The van der Waals surface area contributed by atoms with Gasteiger partial charge < -0.3 is 10.1 Å². The summed E-state index contributed by atoms with van der Waals surface area (Å²) in [7, 11) is 1.29. The Morgan fingerprint density at radius 1 is 1.19 bits per heavy atom. The molecule has 0 unspecified atom stereocenters. The summed E-state index contributed by atoms with van der Waals surface area (Å²) in [5, 5.41) is 14.0. The van der Waals surface area contributed by atoms with Gasteiger partial charge in [0.1, 0.15) is 5.75 Å². The molecule has 3 aromatic rings. The van der Waals surface area contributed by atoms with Crippen LogP contribution in [0.5, 0.6) is 5.75 Å². The minimum absolute atomic E-state index is 0.0691. The Morgan fingerprint density at radius 3 is 2.58 bits per heavy atom. The number of alkyl halides is 3. The predicted molar refractivity (Wildman–Crippen MR) is 85.1 cm³/mol. The number of anilines is 1. The first kappa shape index (κ1) is 17.4. The second-order valence-corrected chi connectivity index (χ2v) is 5.09. The van der Waals surface area contributed by atoms with E-state index in [4.69, 9.17) is 4.74 Å². The van der Waals surface area contributed by atoms with Gasteiger partial charge in [0.15, 0.2) is 11.5 Å². The highest BCUT2D eigenvalue weighted by molar-refractivity contribution is 6.03. The lowest BCUT2D eigenvalue weighted by Gasteiger charge is -2.13. The average molecular weight is 363 g/mol. The van der Waals surface area contributed by atoms with Crippen LogP contribution in [0.25, 0.3) is 5.82 Å². The quantitative estimate of drug-likeness (QED) is 0.771. The van der Waals surface area contributed by atoms with Gasteiger partial charge in [-0.25, -0.2) is 4.68 Å². The fourth-order valence-corrected chi connectivity index (χ4v) is 2.14. The van der Waals surface area contributed by atoms with Crippen molar-refractivity contribution in [3.8, 4) is 11.6 Å². The van der Waals surface area contributed by atoms with Crippen molar-refractivity contribution in [1.82, 2.24) is 20.0 Å². The summed E-state index contributed by atoms with van der Waals surface area (Å²) in [6.07, 6.45) is -1.34. The Balaban J connectivity index is 1.83. The molecule has 0 saturated carbocycles. The molecular formula is C16H12F3N5O2. The lowest BCUT2D eigenvalue weighted by atomic mass is 10.1. The number of benzene rings is 1. The van der Waals surface area contributed by atoms with Crippen LogP contribution in [0.1, 0.15) is 16.1 Å². The zero-order chi connectivity index (χ0) is 18.7. The molecule has 26 heavy (non-hydrogen) atoms. The fraction of sp³-hybridized carbons (Fsp3) is 0.125. The van der Waals surface area contributed by atoms with Gasteiger partial charge in [-0.2, -0.15) is 18.3 Å². The number of hydrogen-bond donors (Lipinski definition) is 1. The molecule has 0 spiro atoms. The second-order valence-electron chi connectivity index (χ2n) is 5.09. The van der Waals surface area contributed by atoms with Gasteiger partial charge in [0.2, 0.25) is 0 Å². The monoisotopic (exact) mass is 363 g/mol. The zero-order valence-corrected chi connectivity index (χ0v) is 13.4. The lowest BCUT2D eigenvalue weighted by Crippen LogP contribution is -2.16. The van der Waals surface area contributed by atoms with Crippen molar-refractivity contribution in [3.63, 3.8) is 0 Å². The zero-order valence-electron chi connectivity index (χ0n) is 13.4. The molecule has 2 heterocycles. The number of methoxy groups -OCH3 is 1. The van der Waals surface area contributed by atoms with Gasteiger partial charge in [-0.3, -0.25) is 4.79 Å². The van der Waals surface area contributed by atoms with Crippen LogP contribution in [-0.2, 0) is 6.18 Å². The van der Waals surface area contributed by atoms with Crippen LogP contribution in [0.15, 0.2) is 48.8 Å². The maximum atomic E-state index is 12.9. The average Bonchev–Trinajstić information content (AvgIpc) is 3.15. The molecule has 1 N–H and O–H groups in total. The number of carbonyl (C=O) groups is 1. The van der Waals surface area contributed by atoms with Crippen LogP contribution < -0.4 is 10.1 Å². The third kappa shape index (κ3) is 3.63. The molecule has 2 aromatic heterocycles. The maximum absolute atomic E-state index is 12.9. The molecule has 134 valence electrons. The van der Waals surface area contributed by atoms with Crippen molar-refractivity contribution in [1.29, 1.82) is 0 Å². The third-order valence-electron chi connectivity index (χ3n) is 3.40. The van der Waals surface area contributed by atoms with E-state index in [1.54, 1.807) is 18.5 Å². The number of hydrogen-bond acceptors (Lipinski definition) is 5. The van der Waals surface area contributed by atoms with Crippen molar-refractivity contribution in [3.05, 3.63) is 60.0 Å². The molecule has 10 heteroatoms. The van der Waals surface area contributed by atoms with Gasteiger partial charge in [0, 0.05) is 12.4 Å². The van der Waals surface area contributed by atoms with Crippen LogP contribution in [0.2, 0.25) is 0 Å². The fourth-order valence-electron chi connectivity index (χ4n) is 2.14. The van der Waals surface area contributed by atoms with E-state index in [9.17, 15) is 18.0 Å². The second kappa shape index (κ2) is 6.82. The Hall–Kier alpha value is -3.43. The van der Waals surface area contributed by atoms with E-state index >= 15 is 0 Å². The van der Waals surface area contributed by atoms with Crippen LogP contribution in [0.4, 0.5) is 18.9 Å². The molecule has 1 aromatic carbocycles. The first-order chi connectivity index (χ1) is 12.4. The van der Waals surface area contributed by atoms with Crippen molar-refractivity contribution in [2.75, 3.05) is 12.4 Å². The van der Waals surface area contributed by atoms with E-state index in [0.29, 0.717) is 5.82 Å². The molecule has 0 radical (unpaired) electrons. The molecule has 0 fully saturated rings. The van der Waals surface area contributed by atoms with E-state index in [0.717, 1.165) is 18.2 Å². The van der Waals surface area contributed by atoms with Gasteiger partial charge in [-0.15, -0.1) is 10.2 Å². The first-order valence-electron chi connectivity index (χ1n) is 7.29. The number of ether oxygens (including phenoxy) is 1. The normalized spacial score (nSPS) is 11.2. The van der Waals surface area contributed by atoms with Crippen LogP contribution in [-0.4, -0.2) is 33.0 Å². The number of carbonyl (C=O) groups excluding carboxylic acids is 1.